The van der Waals surface area contributed by atoms with Crippen molar-refractivity contribution in [3.05, 3.63) is 48.0 Å². The van der Waals surface area contributed by atoms with Crippen LogP contribution in [-0.2, 0) is 10.8 Å². The van der Waals surface area contributed by atoms with Crippen molar-refractivity contribution < 1.29 is 5.58 Å². The average Bonchev–Trinajstić information content (AvgIpc) is 2.37. The van der Waals surface area contributed by atoms with Crippen LogP contribution >= 0.6 is 0 Å². The molecule has 0 amide bonds. The molecule has 0 saturated heterocycles. The lowest BCUT2D eigenvalue weighted by Gasteiger charge is -2.16. The van der Waals surface area contributed by atoms with Gasteiger partial charge in [0.25, 0.3) is 0 Å². The number of hydrogen-bond acceptors (Lipinski definition) is 1. The predicted octanol–water partition coefficient (Wildman–Crippen LogP) is 3.36. The Morgan fingerprint density at radius 2 is 2.00 bits per heavy atom. The fraction of sp³-hybridized carbons (Fsp3) is 0.143. The van der Waals surface area contributed by atoms with E-state index in [9.17, 15) is 4.21 Å². The molecule has 0 aromatic heterocycles. The van der Waals surface area contributed by atoms with Crippen LogP contribution < -0.4 is 0 Å². The standard InChI is InChI=1S/C14H12OS/c1-10-6-7-13-8-11-4-2-3-5-12(11)9-14(13)16(10)15/h2-10H,1H3/i1D. The molecule has 2 aromatic carbocycles. The summed E-state index contributed by atoms with van der Waals surface area (Å²) in [7, 11) is -1.08. The van der Waals surface area contributed by atoms with Crippen molar-refractivity contribution in [1.29, 1.82) is 0 Å². The summed E-state index contributed by atoms with van der Waals surface area (Å²) in [6, 6.07) is 12.1. The van der Waals surface area contributed by atoms with Crippen molar-refractivity contribution in [2.45, 2.75) is 17.0 Å². The van der Waals surface area contributed by atoms with Gasteiger partial charge in [-0.1, -0.05) is 36.4 Å². The summed E-state index contributed by atoms with van der Waals surface area (Å²) >= 11 is 0. The highest BCUT2D eigenvalue weighted by Gasteiger charge is 2.18. The van der Waals surface area contributed by atoms with Crippen molar-refractivity contribution in [3.8, 4) is 0 Å². The molecule has 1 heterocycles. The Kier molecular flexibility index (Phi) is 1.94. The molecule has 0 N–H and O–H groups in total. The Morgan fingerprint density at radius 3 is 2.75 bits per heavy atom. The SMILES string of the molecule is [2H]CC1C=Cc2cc3ccccc3cc2S1=O. The van der Waals surface area contributed by atoms with E-state index in [1.54, 1.807) is 0 Å². The van der Waals surface area contributed by atoms with Gasteiger partial charge in [0, 0.05) is 6.27 Å². The van der Waals surface area contributed by atoms with Gasteiger partial charge >= 0.3 is 0 Å². The van der Waals surface area contributed by atoms with Crippen molar-refractivity contribution in [2.24, 2.45) is 0 Å². The maximum Gasteiger partial charge on any atom is 0.0602 e. The minimum Gasteiger partial charge on any atom is -0.254 e. The molecule has 16 heavy (non-hydrogen) atoms. The quantitative estimate of drug-likeness (QED) is 0.677. The van der Waals surface area contributed by atoms with E-state index in [0.29, 0.717) is 0 Å². The van der Waals surface area contributed by atoms with Crippen LogP contribution in [0.25, 0.3) is 16.8 Å². The molecule has 80 valence electrons. The van der Waals surface area contributed by atoms with Crippen molar-refractivity contribution >= 4 is 27.6 Å². The maximum atomic E-state index is 12.2. The normalized spacial score (nSPS) is 24.1. The summed E-state index contributed by atoms with van der Waals surface area (Å²) in [5.74, 6) is 0. The molecule has 2 atom stereocenters. The van der Waals surface area contributed by atoms with Crippen molar-refractivity contribution in [2.75, 3.05) is 0 Å². The number of hydrogen-bond donors (Lipinski definition) is 0. The number of benzene rings is 2. The van der Waals surface area contributed by atoms with Crippen LogP contribution in [0.2, 0.25) is 0 Å². The molecule has 0 fully saturated rings. The van der Waals surface area contributed by atoms with Gasteiger partial charge in [-0.15, -0.1) is 0 Å². The Balaban J connectivity index is 2.24. The third-order valence-electron chi connectivity index (χ3n) is 2.86. The zero-order valence-corrected chi connectivity index (χ0v) is 9.54. The van der Waals surface area contributed by atoms with Crippen LogP contribution in [0.5, 0.6) is 0 Å². The second-order valence-corrected chi connectivity index (χ2v) is 5.57. The van der Waals surface area contributed by atoms with Gasteiger partial charge < -0.3 is 0 Å². The molecule has 1 aliphatic rings. The minimum absolute atomic E-state index is 0.163. The first-order valence-electron chi connectivity index (χ1n) is 5.91. The second-order valence-electron chi connectivity index (χ2n) is 3.93. The fourth-order valence-corrected chi connectivity index (χ4v) is 3.14. The molecule has 0 saturated carbocycles. The molecular formula is C14H12OS. The molecule has 2 unspecified atom stereocenters. The van der Waals surface area contributed by atoms with Gasteiger partial charge in [-0.25, -0.2) is 0 Å². The Labute approximate surface area is 98.7 Å². The smallest absolute Gasteiger partial charge is 0.0602 e. The lowest BCUT2D eigenvalue weighted by Crippen LogP contribution is -2.12. The molecule has 0 spiro atoms. The lowest BCUT2D eigenvalue weighted by molar-refractivity contribution is 0.679. The average molecular weight is 229 g/mol. The van der Waals surface area contributed by atoms with Gasteiger partial charge in [-0.3, -0.25) is 4.21 Å². The van der Waals surface area contributed by atoms with Gasteiger partial charge in [0.05, 0.1) is 16.0 Å². The fourth-order valence-electron chi connectivity index (χ4n) is 1.99. The van der Waals surface area contributed by atoms with Crippen molar-refractivity contribution in [1.82, 2.24) is 0 Å². The van der Waals surface area contributed by atoms with E-state index in [2.05, 4.69) is 12.1 Å². The van der Waals surface area contributed by atoms with Crippen LogP contribution in [0, 0.1) is 0 Å². The van der Waals surface area contributed by atoms with Crippen LogP contribution in [0.3, 0.4) is 0 Å². The van der Waals surface area contributed by atoms with Gasteiger partial charge in [0.2, 0.25) is 0 Å². The first-order valence-corrected chi connectivity index (χ1v) is 6.42. The van der Waals surface area contributed by atoms with Gasteiger partial charge in [0.1, 0.15) is 0 Å². The molecule has 2 heteroatoms. The number of rotatable bonds is 0. The number of fused-ring (bicyclic) bond motifs is 2. The first kappa shape index (κ1) is 8.71. The van der Waals surface area contributed by atoms with Gasteiger partial charge in [0.15, 0.2) is 0 Å². The first-order chi connectivity index (χ1) is 8.29. The van der Waals surface area contributed by atoms with E-state index < -0.39 is 10.8 Å². The monoisotopic (exact) mass is 229 g/mol. The molecule has 0 radical (unpaired) electrons. The Hall–Kier alpha value is -1.41. The zero-order chi connectivity index (χ0) is 11.8. The minimum atomic E-state index is -1.08. The summed E-state index contributed by atoms with van der Waals surface area (Å²) in [6.45, 7) is 0.176. The summed E-state index contributed by atoms with van der Waals surface area (Å²) in [6.07, 6.45) is 3.88. The summed E-state index contributed by atoms with van der Waals surface area (Å²) in [4.78, 5) is 0.864. The molecular weight excluding hydrogens is 216 g/mol. The van der Waals surface area contributed by atoms with E-state index in [-0.39, 0.29) is 12.1 Å². The summed E-state index contributed by atoms with van der Waals surface area (Å²) in [5.41, 5.74) is 1.02. The molecule has 1 nitrogen and oxygen atoms in total. The Morgan fingerprint density at radius 1 is 1.25 bits per heavy atom. The highest BCUT2D eigenvalue weighted by molar-refractivity contribution is 7.86. The van der Waals surface area contributed by atoms with Crippen LogP contribution in [0.15, 0.2) is 47.4 Å². The topological polar surface area (TPSA) is 17.1 Å². The van der Waals surface area contributed by atoms with Crippen LogP contribution in [0.1, 0.15) is 13.8 Å². The summed E-state index contributed by atoms with van der Waals surface area (Å²) < 4.78 is 19.6. The summed E-state index contributed by atoms with van der Waals surface area (Å²) in [5, 5.41) is 2.11. The third kappa shape index (κ3) is 1.41. The Bertz CT molecular complexity index is 633. The molecule has 0 aliphatic carbocycles. The zero-order valence-electron chi connectivity index (χ0n) is 9.72. The molecule has 1 aliphatic heterocycles. The highest BCUT2D eigenvalue weighted by Crippen LogP contribution is 2.28. The van der Waals surface area contributed by atoms with E-state index in [0.717, 1.165) is 21.2 Å². The maximum absolute atomic E-state index is 12.2. The third-order valence-corrected chi connectivity index (χ3v) is 4.35. The van der Waals surface area contributed by atoms with Crippen LogP contribution in [-0.4, -0.2) is 9.46 Å². The van der Waals surface area contributed by atoms with E-state index in [4.69, 9.17) is 1.37 Å². The van der Waals surface area contributed by atoms with Crippen molar-refractivity contribution in [3.63, 3.8) is 0 Å². The van der Waals surface area contributed by atoms with E-state index in [1.165, 1.54) is 0 Å². The predicted molar refractivity (Wildman–Crippen MR) is 68.9 cm³/mol. The largest absolute Gasteiger partial charge is 0.254 e. The molecule has 3 rings (SSSR count). The van der Waals surface area contributed by atoms with E-state index >= 15 is 0 Å². The molecule has 2 aromatic rings. The highest BCUT2D eigenvalue weighted by atomic mass is 32.2. The second kappa shape index (κ2) is 3.56. The van der Waals surface area contributed by atoms with Gasteiger partial charge in [-0.05, 0) is 35.4 Å². The lowest BCUT2D eigenvalue weighted by atomic mass is 10.1. The van der Waals surface area contributed by atoms with E-state index in [1.807, 2.05) is 36.4 Å². The molecule has 0 bridgehead atoms. The van der Waals surface area contributed by atoms with Crippen LogP contribution in [0.4, 0.5) is 0 Å². The van der Waals surface area contributed by atoms with Gasteiger partial charge in [-0.2, -0.15) is 0 Å².